The highest BCUT2D eigenvalue weighted by Gasteiger charge is 2.14. The Morgan fingerprint density at radius 1 is 1.32 bits per heavy atom. The molecule has 98 valence electrons. The van der Waals surface area contributed by atoms with Gasteiger partial charge in [-0.2, -0.15) is 0 Å². The number of nitrogens with zero attached hydrogens (tertiary/aromatic N) is 1. The number of aromatic nitrogens is 1. The fourth-order valence-electron chi connectivity index (χ4n) is 1.64. The van der Waals surface area contributed by atoms with Gasteiger partial charge in [0.2, 0.25) is 0 Å². The van der Waals surface area contributed by atoms with Crippen LogP contribution in [-0.4, -0.2) is 17.9 Å². The van der Waals surface area contributed by atoms with E-state index in [1.165, 1.54) is 37.7 Å². The fraction of sp³-hybridized carbons (Fsp3) is 0.143. The van der Waals surface area contributed by atoms with Crippen LogP contribution in [0.5, 0.6) is 5.75 Å². The maximum Gasteiger partial charge on any atom is 0.169 e. The summed E-state index contributed by atoms with van der Waals surface area (Å²) >= 11 is 0. The maximum atomic E-state index is 13.5. The third-order valence-corrected chi connectivity index (χ3v) is 2.65. The molecule has 1 aromatic carbocycles. The molecule has 0 fully saturated rings. The first-order valence-electron chi connectivity index (χ1n) is 5.57. The molecule has 0 atom stereocenters. The van der Waals surface area contributed by atoms with Gasteiger partial charge in [-0.3, -0.25) is 9.78 Å². The number of ketones is 1. The molecule has 2 aromatic rings. The molecular formula is C14H11F2NO2. The van der Waals surface area contributed by atoms with E-state index in [1.807, 2.05) is 0 Å². The minimum atomic E-state index is -0.994. The summed E-state index contributed by atoms with van der Waals surface area (Å²) in [7, 11) is 1.46. The molecule has 0 aliphatic heterocycles. The van der Waals surface area contributed by atoms with Crippen LogP contribution in [-0.2, 0) is 6.42 Å². The molecule has 2 rings (SSSR count). The molecule has 0 unspecified atom stereocenters. The first kappa shape index (κ1) is 13.1. The van der Waals surface area contributed by atoms with Gasteiger partial charge in [-0.15, -0.1) is 0 Å². The molecule has 0 spiro atoms. The van der Waals surface area contributed by atoms with E-state index >= 15 is 0 Å². The Balaban J connectivity index is 2.23. The molecule has 1 heterocycles. The normalized spacial score (nSPS) is 10.3. The Hall–Kier alpha value is -2.30. The van der Waals surface area contributed by atoms with Crippen LogP contribution >= 0.6 is 0 Å². The smallest absolute Gasteiger partial charge is 0.169 e. The van der Waals surface area contributed by atoms with Crippen molar-refractivity contribution in [2.75, 3.05) is 7.11 Å². The minimum Gasteiger partial charge on any atom is -0.495 e. The van der Waals surface area contributed by atoms with Crippen LogP contribution in [0.1, 0.15) is 15.9 Å². The lowest BCUT2D eigenvalue weighted by Crippen LogP contribution is -2.07. The fourth-order valence-corrected chi connectivity index (χ4v) is 1.64. The third kappa shape index (κ3) is 2.93. The molecule has 0 saturated heterocycles. The van der Waals surface area contributed by atoms with Crippen molar-refractivity contribution in [3.63, 3.8) is 0 Å². The first-order chi connectivity index (χ1) is 9.11. The van der Waals surface area contributed by atoms with Crippen LogP contribution in [0.25, 0.3) is 0 Å². The second kappa shape index (κ2) is 5.56. The van der Waals surface area contributed by atoms with Crippen LogP contribution < -0.4 is 4.74 Å². The molecule has 0 saturated carbocycles. The van der Waals surface area contributed by atoms with Crippen LogP contribution in [0.3, 0.4) is 0 Å². The first-order valence-corrected chi connectivity index (χ1v) is 5.57. The number of halogens is 2. The van der Waals surface area contributed by atoms with Gasteiger partial charge in [-0.1, -0.05) is 12.1 Å². The van der Waals surface area contributed by atoms with Gasteiger partial charge in [0, 0.05) is 18.2 Å². The lowest BCUT2D eigenvalue weighted by atomic mass is 10.0. The minimum absolute atomic E-state index is 0.0211. The van der Waals surface area contributed by atoms with Crippen molar-refractivity contribution >= 4 is 5.78 Å². The molecular weight excluding hydrogens is 252 g/mol. The second-order valence-corrected chi connectivity index (χ2v) is 3.93. The average molecular weight is 263 g/mol. The predicted molar refractivity (Wildman–Crippen MR) is 65.2 cm³/mol. The molecule has 0 radical (unpaired) electrons. The molecule has 0 bridgehead atoms. The zero-order chi connectivity index (χ0) is 13.8. The van der Waals surface area contributed by atoms with Gasteiger partial charge in [-0.25, -0.2) is 8.78 Å². The third-order valence-electron chi connectivity index (χ3n) is 2.65. The van der Waals surface area contributed by atoms with Crippen LogP contribution in [0, 0.1) is 11.6 Å². The summed E-state index contributed by atoms with van der Waals surface area (Å²) in [6, 6.07) is 5.26. The van der Waals surface area contributed by atoms with Gasteiger partial charge in [0.05, 0.1) is 13.3 Å². The van der Waals surface area contributed by atoms with Crippen molar-refractivity contribution in [1.29, 1.82) is 0 Å². The number of methoxy groups -OCH3 is 1. The summed E-state index contributed by atoms with van der Waals surface area (Å²) in [6.07, 6.45) is 2.60. The highest BCUT2D eigenvalue weighted by Crippen LogP contribution is 2.16. The van der Waals surface area contributed by atoms with E-state index in [1.54, 1.807) is 0 Å². The van der Waals surface area contributed by atoms with Crippen molar-refractivity contribution in [2.45, 2.75) is 6.42 Å². The zero-order valence-corrected chi connectivity index (χ0v) is 10.2. The highest BCUT2D eigenvalue weighted by molar-refractivity contribution is 5.97. The number of pyridine rings is 1. The summed E-state index contributed by atoms with van der Waals surface area (Å²) in [4.78, 5) is 15.8. The number of rotatable bonds is 4. The molecule has 0 aliphatic carbocycles. The largest absolute Gasteiger partial charge is 0.495 e. The Bertz CT molecular complexity index is 614. The van der Waals surface area contributed by atoms with Crippen LogP contribution in [0.4, 0.5) is 8.78 Å². The zero-order valence-electron chi connectivity index (χ0n) is 10.2. The van der Waals surface area contributed by atoms with E-state index in [0.717, 1.165) is 6.07 Å². The SMILES string of the molecule is COc1cncc(C(=O)Cc2cccc(F)c2F)c1. The van der Waals surface area contributed by atoms with E-state index in [-0.39, 0.29) is 17.8 Å². The topological polar surface area (TPSA) is 39.2 Å². The van der Waals surface area contributed by atoms with Crippen LogP contribution in [0.2, 0.25) is 0 Å². The number of hydrogen-bond acceptors (Lipinski definition) is 3. The quantitative estimate of drug-likeness (QED) is 0.796. The number of ether oxygens (including phenoxy) is 1. The van der Waals surface area contributed by atoms with E-state index in [2.05, 4.69) is 4.98 Å². The van der Waals surface area contributed by atoms with Crippen LogP contribution in [0.15, 0.2) is 36.7 Å². The van der Waals surface area contributed by atoms with Gasteiger partial charge in [0.1, 0.15) is 5.75 Å². The molecule has 0 N–H and O–H groups in total. The number of carbonyl (C=O) groups is 1. The molecule has 0 amide bonds. The summed E-state index contributed by atoms with van der Waals surface area (Å²) in [5.74, 6) is -1.87. The van der Waals surface area contributed by atoms with Crippen molar-refractivity contribution in [2.24, 2.45) is 0 Å². The van der Waals surface area contributed by atoms with Gasteiger partial charge in [0.15, 0.2) is 17.4 Å². The Morgan fingerprint density at radius 2 is 2.11 bits per heavy atom. The molecule has 5 heteroatoms. The van der Waals surface area contributed by atoms with Gasteiger partial charge >= 0.3 is 0 Å². The van der Waals surface area contributed by atoms with Gasteiger partial charge < -0.3 is 4.74 Å². The molecule has 19 heavy (non-hydrogen) atoms. The number of hydrogen-bond donors (Lipinski definition) is 0. The van der Waals surface area contributed by atoms with Crippen molar-refractivity contribution in [3.8, 4) is 5.75 Å². The number of Topliss-reactive ketones (excluding diaryl/α,β-unsaturated/α-hetero) is 1. The second-order valence-electron chi connectivity index (χ2n) is 3.93. The predicted octanol–water partition coefficient (Wildman–Crippen LogP) is 2.79. The average Bonchev–Trinajstić information content (AvgIpc) is 2.44. The number of carbonyl (C=O) groups excluding carboxylic acids is 1. The van der Waals surface area contributed by atoms with E-state index < -0.39 is 11.6 Å². The Kier molecular flexibility index (Phi) is 3.85. The maximum absolute atomic E-state index is 13.5. The van der Waals surface area contributed by atoms with Crippen molar-refractivity contribution in [1.82, 2.24) is 4.98 Å². The summed E-state index contributed by atoms with van der Waals surface area (Å²) in [6.45, 7) is 0. The standard InChI is InChI=1S/C14H11F2NO2/c1-19-11-5-10(7-17-8-11)13(18)6-9-3-2-4-12(15)14(9)16/h2-5,7-8H,6H2,1H3. The molecule has 1 aromatic heterocycles. The Labute approximate surface area is 108 Å². The summed E-state index contributed by atoms with van der Waals surface area (Å²) in [5.41, 5.74) is 0.316. The molecule has 3 nitrogen and oxygen atoms in total. The molecule has 0 aliphatic rings. The van der Waals surface area contributed by atoms with Gasteiger partial charge in [-0.05, 0) is 17.7 Å². The lowest BCUT2D eigenvalue weighted by molar-refractivity contribution is 0.0991. The summed E-state index contributed by atoms with van der Waals surface area (Å²) in [5, 5.41) is 0. The van der Waals surface area contributed by atoms with Gasteiger partial charge in [0.25, 0.3) is 0 Å². The van der Waals surface area contributed by atoms with Crippen molar-refractivity contribution < 1.29 is 18.3 Å². The van der Waals surface area contributed by atoms with E-state index in [9.17, 15) is 13.6 Å². The Morgan fingerprint density at radius 3 is 2.84 bits per heavy atom. The number of benzene rings is 1. The lowest BCUT2D eigenvalue weighted by Gasteiger charge is -2.05. The van der Waals surface area contributed by atoms with Crippen molar-refractivity contribution in [3.05, 3.63) is 59.4 Å². The van der Waals surface area contributed by atoms with E-state index in [0.29, 0.717) is 11.3 Å². The monoisotopic (exact) mass is 263 g/mol. The summed E-state index contributed by atoms with van der Waals surface area (Å²) < 4.78 is 31.4. The highest BCUT2D eigenvalue weighted by atomic mass is 19.2. The van der Waals surface area contributed by atoms with E-state index in [4.69, 9.17) is 4.74 Å².